The summed E-state index contributed by atoms with van der Waals surface area (Å²) in [4.78, 5) is 0. The third-order valence-corrected chi connectivity index (χ3v) is 2.48. The second-order valence-electron chi connectivity index (χ2n) is 3.63. The first kappa shape index (κ1) is 10.6. The lowest BCUT2D eigenvalue weighted by Gasteiger charge is -2.22. The first-order valence-electron chi connectivity index (χ1n) is 4.82. The molecule has 0 amide bonds. The lowest BCUT2D eigenvalue weighted by atomic mass is 9.87. The molecule has 0 fully saturated rings. The minimum absolute atomic E-state index is 0.162. The Bertz CT molecular complexity index is 191. The molecule has 1 aliphatic carbocycles. The van der Waals surface area contributed by atoms with E-state index < -0.39 is 6.18 Å². The highest BCUT2D eigenvalue weighted by Crippen LogP contribution is 2.36. The van der Waals surface area contributed by atoms with Crippen molar-refractivity contribution < 1.29 is 13.2 Å². The van der Waals surface area contributed by atoms with Crippen LogP contribution in [0.2, 0.25) is 0 Å². The van der Waals surface area contributed by atoms with E-state index >= 15 is 0 Å². The highest BCUT2D eigenvalue weighted by Gasteiger charge is 2.34. The first-order valence-corrected chi connectivity index (χ1v) is 4.82. The molecule has 0 radical (unpaired) electrons. The number of alkyl halides is 3. The molecule has 3 heteroatoms. The molecule has 13 heavy (non-hydrogen) atoms. The zero-order valence-electron chi connectivity index (χ0n) is 7.82. The minimum atomic E-state index is -4.09. The number of hydrogen-bond donors (Lipinski definition) is 0. The van der Waals surface area contributed by atoms with Crippen LogP contribution in [0.3, 0.4) is 0 Å². The number of allylic oxidation sites excluding steroid dienone is 2. The summed E-state index contributed by atoms with van der Waals surface area (Å²) in [5, 5.41) is 0. The lowest BCUT2D eigenvalue weighted by molar-refractivity contribution is -0.0956. The third-order valence-electron chi connectivity index (χ3n) is 2.48. The van der Waals surface area contributed by atoms with Crippen molar-refractivity contribution >= 4 is 0 Å². The van der Waals surface area contributed by atoms with E-state index in [0.29, 0.717) is 6.42 Å². The largest absolute Gasteiger partial charge is 0.412 e. The van der Waals surface area contributed by atoms with E-state index in [1.807, 2.05) is 6.92 Å². The van der Waals surface area contributed by atoms with Crippen molar-refractivity contribution in [3.63, 3.8) is 0 Å². The summed E-state index contributed by atoms with van der Waals surface area (Å²) in [5.41, 5.74) is -0.308. The van der Waals surface area contributed by atoms with E-state index in [-0.39, 0.29) is 17.9 Å². The Kier molecular flexibility index (Phi) is 3.40. The van der Waals surface area contributed by atoms with Gasteiger partial charge in [-0.25, -0.2) is 0 Å². The zero-order chi connectivity index (χ0) is 9.90. The molecule has 0 bridgehead atoms. The summed E-state index contributed by atoms with van der Waals surface area (Å²) >= 11 is 0. The van der Waals surface area contributed by atoms with E-state index in [4.69, 9.17) is 0 Å². The quantitative estimate of drug-likeness (QED) is 0.578. The van der Waals surface area contributed by atoms with Crippen LogP contribution in [0.1, 0.15) is 39.0 Å². The molecule has 1 rings (SSSR count). The second-order valence-corrected chi connectivity index (χ2v) is 3.63. The van der Waals surface area contributed by atoms with Gasteiger partial charge in [-0.05, 0) is 31.6 Å². The van der Waals surface area contributed by atoms with Crippen LogP contribution in [-0.4, -0.2) is 6.18 Å². The highest BCUT2D eigenvalue weighted by atomic mass is 19.4. The fourth-order valence-electron chi connectivity index (χ4n) is 1.84. The van der Waals surface area contributed by atoms with E-state index in [9.17, 15) is 13.2 Å². The van der Waals surface area contributed by atoms with Gasteiger partial charge in [-0.2, -0.15) is 13.2 Å². The van der Waals surface area contributed by atoms with Crippen molar-refractivity contribution in [2.24, 2.45) is 5.92 Å². The molecule has 0 aromatic rings. The number of rotatable bonds is 2. The smallest absolute Gasteiger partial charge is 0.166 e. The number of halogens is 3. The molecular weight excluding hydrogens is 177 g/mol. The van der Waals surface area contributed by atoms with Gasteiger partial charge in [0.25, 0.3) is 0 Å². The lowest BCUT2D eigenvalue weighted by Crippen LogP contribution is -2.17. The van der Waals surface area contributed by atoms with E-state index in [1.54, 1.807) is 0 Å². The Hall–Kier alpha value is -0.470. The van der Waals surface area contributed by atoms with Crippen LogP contribution in [0.15, 0.2) is 11.6 Å². The molecule has 76 valence electrons. The van der Waals surface area contributed by atoms with Crippen LogP contribution < -0.4 is 0 Å². The van der Waals surface area contributed by atoms with Crippen molar-refractivity contribution in [3.05, 3.63) is 11.6 Å². The Morgan fingerprint density at radius 2 is 2.15 bits per heavy atom. The van der Waals surface area contributed by atoms with Gasteiger partial charge in [0.2, 0.25) is 0 Å². The fraction of sp³-hybridized carbons (Fsp3) is 0.800. The molecule has 0 saturated heterocycles. The van der Waals surface area contributed by atoms with Crippen LogP contribution >= 0.6 is 0 Å². The molecular formula is C10H15F3. The van der Waals surface area contributed by atoms with Crippen LogP contribution in [0.25, 0.3) is 0 Å². The predicted molar refractivity (Wildman–Crippen MR) is 46.4 cm³/mol. The molecule has 0 nitrogen and oxygen atoms in total. The molecule has 0 spiro atoms. The molecule has 0 saturated carbocycles. The van der Waals surface area contributed by atoms with E-state index in [1.165, 1.54) is 6.08 Å². The molecule has 0 heterocycles. The maximum atomic E-state index is 12.3. The van der Waals surface area contributed by atoms with E-state index in [0.717, 1.165) is 19.3 Å². The molecule has 0 unspecified atom stereocenters. The highest BCUT2D eigenvalue weighted by molar-refractivity contribution is 5.13. The average molecular weight is 192 g/mol. The van der Waals surface area contributed by atoms with Crippen LogP contribution in [0.4, 0.5) is 13.2 Å². The topological polar surface area (TPSA) is 0 Å². The Morgan fingerprint density at radius 3 is 2.69 bits per heavy atom. The van der Waals surface area contributed by atoms with Crippen molar-refractivity contribution in [1.29, 1.82) is 0 Å². The predicted octanol–water partition coefficient (Wildman–Crippen LogP) is 4.08. The molecule has 1 atom stereocenters. The zero-order valence-corrected chi connectivity index (χ0v) is 7.82. The van der Waals surface area contributed by atoms with Gasteiger partial charge in [0, 0.05) is 5.57 Å². The van der Waals surface area contributed by atoms with Gasteiger partial charge in [0.05, 0.1) is 0 Å². The summed E-state index contributed by atoms with van der Waals surface area (Å²) in [6.45, 7) is 2.01. The normalized spacial score (nSPS) is 24.3. The third kappa shape index (κ3) is 3.05. The first-order chi connectivity index (χ1) is 6.04. The second kappa shape index (κ2) is 4.16. The Morgan fingerprint density at radius 1 is 1.46 bits per heavy atom. The molecule has 0 N–H and O–H groups in total. The fourth-order valence-corrected chi connectivity index (χ4v) is 1.84. The van der Waals surface area contributed by atoms with Gasteiger partial charge in [-0.3, -0.25) is 0 Å². The maximum Gasteiger partial charge on any atom is 0.412 e. The molecule has 0 aromatic carbocycles. The van der Waals surface area contributed by atoms with Crippen molar-refractivity contribution in [2.75, 3.05) is 0 Å². The molecule has 1 aliphatic rings. The molecule has 0 aromatic heterocycles. The van der Waals surface area contributed by atoms with Crippen molar-refractivity contribution in [1.82, 2.24) is 0 Å². The summed E-state index contributed by atoms with van der Waals surface area (Å²) in [6, 6.07) is 0. The Labute approximate surface area is 76.8 Å². The van der Waals surface area contributed by atoms with Gasteiger partial charge in [0.1, 0.15) is 0 Å². The minimum Gasteiger partial charge on any atom is -0.166 e. The average Bonchev–Trinajstić information content (AvgIpc) is 2.04. The van der Waals surface area contributed by atoms with Crippen LogP contribution in [-0.2, 0) is 0 Å². The van der Waals surface area contributed by atoms with Gasteiger partial charge in [-0.1, -0.05) is 19.4 Å². The summed E-state index contributed by atoms with van der Waals surface area (Å²) in [7, 11) is 0. The van der Waals surface area contributed by atoms with Gasteiger partial charge < -0.3 is 0 Å². The summed E-state index contributed by atoms with van der Waals surface area (Å²) in [6.07, 6.45) is 1.03. The SMILES string of the molecule is CCC[C@@H]1C=C(C(F)(F)F)CCC1. The standard InChI is InChI=1S/C10H15F3/c1-2-4-8-5-3-6-9(7-8)10(11,12)13/h7-8H,2-6H2,1H3/t8-/m0/s1. The van der Waals surface area contributed by atoms with Gasteiger partial charge in [-0.15, -0.1) is 0 Å². The van der Waals surface area contributed by atoms with Crippen LogP contribution in [0.5, 0.6) is 0 Å². The van der Waals surface area contributed by atoms with Gasteiger partial charge >= 0.3 is 6.18 Å². The summed E-state index contributed by atoms with van der Waals surface area (Å²) < 4.78 is 36.9. The maximum absolute atomic E-state index is 12.3. The van der Waals surface area contributed by atoms with Crippen molar-refractivity contribution in [3.8, 4) is 0 Å². The summed E-state index contributed by atoms with van der Waals surface area (Å²) in [5.74, 6) is 0.162. The van der Waals surface area contributed by atoms with Crippen molar-refractivity contribution in [2.45, 2.75) is 45.2 Å². The van der Waals surface area contributed by atoms with Crippen LogP contribution in [0, 0.1) is 5.92 Å². The van der Waals surface area contributed by atoms with Gasteiger partial charge in [0.15, 0.2) is 0 Å². The Balaban J connectivity index is 2.64. The van der Waals surface area contributed by atoms with E-state index in [2.05, 4.69) is 0 Å². The molecule has 0 aliphatic heterocycles. The number of hydrogen-bond acceptors (Lipinski definition) is 0. The monoisotopic (exact) mass is 192 g/mol.